The molecule has 0 radical (unpaired) electrons. The fraction of sp³-hybridized carbons (Fsp3) is 0.333. The van der Waals surface area contributed by atoms with Crippen LogP contribution in [0.3, 0.4) is 0 Å². The fourth-order valence-electron chi connectivity index (χ4n) is 2.20. The molecule has 0 amide bonds. The van der Waals surface area contributed by atoms with E-state index in [4.69, 9.17) is 0 Å². The van der Waals surface area contributed by atoms with E-state index in [9.17, 15) is 13.2 Å². The monoisotopic (exact) mass is 322 g/mol. The zero-order chi connectivity index (χ0) is 16.9. The number of hydrogen-bond donors (Lipinski definition) is 1. The quantitative estimate of drug-likeness (QED) is 0.808. The van der Waals surface area contributed by atoms with Gasteiger partial charge in [-0.1, -0.05) is 36.4 Å². The van der Waals surface area contributed by atoms with Crippen LogP contribution in [0.15, 0.2) is 48.5 Å². The van der Waals surface area contributed by atoms with Gasteiger partial charge in [-0.25, -0.2) is 0 Å². The molecule has 0 bridgehead atoms. The van der Waals surface area contributed by atoms with Gasteiger partial charge in [-0.3, -0.25) is 0 Å². The number of hydrogen-bond acceptors (Lipinski definition) is 2. The van der Waals surface area contributed by atoms with E-state index in [1.165, 1.54) is 12.1 Å². The first-order chi connectivity index (χ1) is 10.9. The average Bonchev–Trinajstić information content (AvgIpc) is 2.51. The van der Waals surface area contributed by atoms with Crippen molar-refractivity contribution in [2.75, 3.05) is 27.2 Å². The van der Waals surface area contributed by atoms with Gasteiger partial charge in [-0.15, -0.1) is 0 Å². The number of nitrogens with zero attached hydrogens (tertiary/aromatic N) is 1. The molecule has 0 atom stereocenters. The Morgan fingerprint density at radius 2 is 1.39 bits per heavy atom. The van der Waals surface area contributed by atoms with E-state index < -0.39 is 11.7 Å². The van der Waals surface area contributed by atoms with Gasteiger partial charge >= 0.3 is 6.18 Å². The maximum atomic E-state index is 12.6. The Morgan fingerprint density at radius 1 is 0.870 bits per heavy atom. The SMILES string of the molecule is CN(C)CCNCc1ccc(-c2ccc(C(F)(F)F)cc2)cc1. The highest BCUT2D eigenvalue weighted by molar-refractivity contribution is 5.64. The number of nitrogens with one attached hydrogen (secondary N) is 1. The lowest BCUT2D eigenvalue weighted by Crippen LogP contribution is -2.26. The predicted octanol–water partition coefficient (Wildman–Crippen LogP) is 4.02. The fourth-order valence-corrected chi connectivity index (χ4v) is 2.20. The van der Waals surface area contributed by atoms with Gasteiger partial charge in [0.2, 0.25) is 0 Å². The lowest BCUT2D eigenvalue weighted by Gasteiger charge is -2.11. The summed E-state index contributed by atoms with van der Waals surface area (Å²) in [5, 5.41) is 3.35. The summed E-state index contributed by atoms with van der Waals surface area (Å²) in [4.78, 5) is 2.11. The van der Waals surface area contributed by atoms with Crippen molar-refractivity contribution in [2.45, 2.75) is 12.7 Å². The predicted molar refractivity (Wildman–Crippen MR) is 87.1 cm³/mol. The van der Waals surface area contributed by atoms with Crippen LogP contribution in [0, 0.1) is 0 Å². The van der Waals surface area contributed by atoms with Gasteiger partial charge in [0.15, 0.2) is 0 Å². The first-order valence-corrected chi connectivity index (χ1v) is 7.48. The Labute approximate surface area is 134 Å². The van der Waals surface area contributed by atoms with Crippen molar-refractivity contribution in [1.82, 2.24) is 10.2 Å². The molecule has 0 aliphatic carbocycles. The van der Waals surface area contributed by atoms with Crippen LogP contribution in [0.2, 0.25) is 0 Å². The lowest BCUT2D eigenvalue weighted by atomic mass is 10.0. The first kappa shape index (κ1) is 17.5. The summed E-state index contributed by atoms with van der Waals surface area (Å²) >= 11 is 0. The summed E-state index contributed by atoms with van der Waals surface area (Å²) in [7, 11) is 4.06. The Morgan fingerprint density at radius 3 is 1.87 bits per heavy atom. The minimum atomic E-state index is -4.29. The first-order valence-electron chi connectivity index (χ1n) is 7.48. The molecule has 0 fully saturated rings. The second kappa shape index (κ2) is 7.62. The third-order valence-electron chi connectivity index (χ3n) is 3.56. The minimum absolute atomic E-state index is 0.622. The highest BCUT2D eigenvalue weighted by atomic mass is 19.4. The van der Waals surface area contributed by atoms with E-state index >= 15 is 0 Å². The molecule has 23 heavy (non-hydrogen) atoms. The van der Waals surface area contributed by atoms with Crippen LogP contribution in [0.4, 0.5) is 13.2 Å². The second-order valence-electron chi connectivity index (χ2n) is 5.75. The molecule has 1 N–H and O–H groups in total. The highest BCUT2D eigenvalue weighted by Gasteiger charge is 2.29. The molecule has 0 unspecified atom stereocenters. The van der Waals surface area contributed by atoms with Gasteiger partial charge in [-0.2, -0.15) is 13.2 Å². The molecule has 0 aliphatic rings. The summed E-state index contributed by atoms with van der Waals surface area (Å²) in [6.45, 7) is 2.67. The van der Waals surface area contributed by atoms with E-state index in [-0.39, 0.29) is 0 Å². The standard InChI is InChI=1S/C18H21F3N2/c1-23(2)12-11-22-13-14-3-5-15(6-4-14)16-7-9-17(10-8-16)18(19,20)21/h3-10,22H,11-13H2,1-2H3. The largest absolute Gasteiger partial charge is 0.416 e. The Kier molecular flexibility index (Phi) is 5.80. The molecule has 0 saturated heterocycles. The van der Waals surface area contributed by atoms with E-state index in [0.717, 1.165) is 48.5 Å². The smallest absolute Gasteiger partial charge is 0.311 e. The van der Waals surface area contributed by atoms with Crippen molar-refractivity contribution in [3.05, 3.63) is 59.7 Å². The summed E-state index contributed by atoms with van der Waals surface area (Å²) in [6.07, 6.45) is -4.29. The van der Waals surface area contributed by atoms with Crippen LogP contribution in [0.1, 0.15) is 11.1 Å². The van der Waals surface area contributed by atoms with Crippen LogP contribution in [-0.2, 0) is 12.7 Å². The molecule has 2 nitrogen and oxygen atoms in total. The highest BCUT2D eigenvalue weighted by Crippen LogP contribution is 2.30. The lowest BCUT2D eigenvalue weighted by molar-refractivity contribution is -0.137. The van der Waals surface area contributed by atoms with Crippen LogP contribution in [0.5, 0.6) is 0 Å². The molecular formula is C18H21F3N2. The second-order valence-corrected chi connectivity index (χ2v) is 5.75. The molecule has 0 aliphatic heterocycles. The summed E-state index contributed by atoms with van der Waals surface area (Å²) in [5.74, 6) is 0. The molecule has 5 heteroatoms. The summed E-state index contributed by atoms with van der Waals surface area (Å²) in [5.41, 5.74) is 2.23. The number of benzene rings is 2. The zero-order valence-electron chi connectivity index (χ0n) is 13.3. The molecule has 2 aromatic rings. The number of alkyl halides is 3. The summed E-state index contributed by atoms with van der Waals surface area (Å²) < 4.78 is 37.7. The van der Waals surface area contributed by atoms with Crippen LogP contribution < -0.4 is 5.32 Å². The van der Waals surface area contributed by atoms with Crippen LogP contribution in [-0.4, -0.2) is 32.1 Å². The molecule has 0 heterocycles. The van der Waals surface area contributed by atoms with Gasteiger partial charge in [0.05, 0.1) is 5.56 Å². The van der Waals surface area contributed by atoms with Gasteiger partial charge in [0.1, 0.15) is 0 Å². The zero-order valence-corrected chi connectivity index (χ0v) is 13.3. The molecule has 0 aromatic heterocycles. The Balaban J connectivity index is 1.96. The van der Waals surface area contributed by atoms with Crippen molar-refractivity contribution in [1.29, 1.82) is 0 Å². The van der Waals surface area contributed by atoms with Crippen molar-refractivity contribution in [3.63, 3.8) is 0 Å². The van der Waals surface area contributed by atoms with Crippen molar-refractivity contribution in [3.8, 4) is 11.1 Å². The molecule has 2 aromatic carbocycles. The van der Waals surface area contributed by atoms with E-state index in [1.807, 2.05) is 38.4 Å². The van der Waals surface area contributed by atoms with E-state index in [1.54, 1.807) is 0 Å². The maximum Gasteiger partial charge on any atom is 0.416 e. The molecule has 2 rings (SSSR count). The number of rotatable bonds is 6. The topological polar surface area (TPSA) is 15.3 Å². The van der Waals surface area contributed by atoms with Crippen molar-refractivity contribution >= 4 is 0 Å². The van der Waals surface area contributed by atoms with Crippen molar-refractivity contribution < 1.29 is 13.2 Å². The molecule has 0 spiro atoms. The molecule has 0 saturated carbocycles. The maximum absolute atomic E-state index is 12.6. The van der Waals surface area contributed by atoms with Crippen LogP contribution in [0.25, 0.3) is 11.1 Å². The van der Waals surface area contributed by atoms with Gasteiger partial charge in [0.25, 0.3) is 0 Å². The normalized spacial score (nSPS) is 11.9. The minimum Gasteiger partial charge on any atom is -0.311 e. The average molecular weight is 322 g/mol. The number of likely N-dealkylation sites (N-methyl/N-ethyl adjacent to an activating group) is 1. The summed E-state index contributed by atoms with van der Waals surface area (Å²) in [6, 6.07) is 13.1. The third kappa shape index (κ3) is 5.37. The van der Waals surface area contributed by atoms with Gasteiger partial charge < -0.3 is 10.2 Å². The van der Waals surface area contributed by atoms with Crippen molar-refractivity contribution in [2.24, 2.45) is 0 Å². The Bertz CT molecular complexity index is 602. The molecule has 124 valence electrons. The third-order valence-corrected chi connectivity index (χ3v) is 3.56. The van der Waals surface area contributed by atoms with Crippen LogP contribution >= 0.6 is 0 Å². The van der Waals surface area contributed by atoms with Gasteiger partial charge in [-0.05, 0) is 42.9 Å². The van der Waals surface area contributed by atoms with E-state index in [0.29, 0.717) is 0 Å². The van der Waals surface area contributed by atoms with E-state index in [2.05, 4.69) is 10.2 Å². The Hall–Kier alpha value is -1.85. The number of halogens is 3. The van der Waals surface area contributed by atoms with Gasteiger partial charge in [0, 0.05) is 19.6 Å². The molecular weight excluding hydrogens is 301 g/mol.